The molecule has 2 aromatic rings. The zero-order valence-electron chi connectivity index (χ0n) is 13.5. The first-order valence-electron chi connectivity index (χ1n) is 7.14. The van der Waals surface area contributed by atoms with Crippen molar-refractivity contribution >= 4 is 27.7 Å². The van der Waals surface area contributed by atoms with E-state index in [1.807, 2.05) is 13.0 Å². The molecule has 6 nitrogen and oxygen atoms in total. The SMILES string of the molecule is CCCOc1cc(Br)c(-c2nc(SC)[nH]c(=O)c2C#N)cc1OC. The second kappa shape index (κ2) is 8.22. The van der Waals surface area contributed by atoms with Gasteiger partial charge in [0.15, 0.2) is 16.7 Å². The lowest BCUT2D eigenvalue weighted by molar-refractivity contribution is 0.294. The molecule has 0 saturated carbocycles. The van der Waals surface area contributed by atoms with Gasteiger partial charge in [-0.1, -0.05) is 18.7 Å². The number of nitrogens with zero attached hydrogens (tertiary/aromatic N) is 2. The molecule has 0 aliphatic rings. The Bertz CT molecular complexity index is 846. The van der Waals surface area contributed by atoms with Crippen LogP contribution in [0.5, 0.6) is 11.5 Å². The van der Waals surface area contributed by atoms with E-state index >= 15 is 0 Å². The van der Waals surface area contributed by atoms with Gasteiger partial charge in [0, 0.05) is 10.0 Å². The Balaban J connectivity index is 2.67. The predicted octanol–water partition coefficient (Wildman–Crippen LogP) is 3.59. The molecule has 0 spiro atoms. The van der Waals surface area contributed by atoms with E-state index in [0.717, 1.165) is 6.42 Å². The lowest BCUT2D eigenvalue weighted by atomic mass is 10.1. The fraction of sp³-hybridized carbons (Fsp3) is 0.312. The molecule has 1 aromatic heterocycles. The summed E-state index contributed by atoms with van der Waals surface area (Å²) < 4.78 is 11.7. The summed E-state index contributed by atoms with van der Waals surface area (Å²) >= 11 is 4.76. The van der Waals surface area contributed by atoms with Gasteiger partial charge < -0.3 is 14.5 Å². The maximum absolute atomic E-state index is 12.1. The van der Waals surface area contributed by atoms with Crippen LogP contribution in [0.4, 0.5) is 0 Å². The summed E-state index contributed by atoms with van der Waals surface area (Å²) in [7, 11) is 1.54. The zero-order valence-corrected chi connectivity index (χ0v) is 15.9. The van der Waals surface area contributed by atoms with Crippen LogP contribution in [0.3, 0.4) is 0 Å². The van der Waals surface area contributed by atoms with E-state index in [1.165, 1.54) is 18.9 Å². The van der Waals surface area contributed by atoms with Crippen LogP contribution in [0.15, 0.2) is 26.6 Å². The number of aromatic nitrogens is 2. The number of thioether (sulfide) groups is 1. The maximum atomic E-state index is 12.1. The van der Waals surface area contributed by atoms with Crippen LogP contribution in [-0.4, -0.2) is 29.9 Å². The molecular formula is C16H16BrN3O3S. The first-order chi connectivity index (χ1) is 11.5. The molecule has 8 heteroatoms. The van der Waals surface area contributed by atoms with Crippen LogP contribution < -0.4 is 15.0 Å². The zero-order chi connectivity index (χ0) is 17.7. The number of nitrogens with one attached hydrogen (secondary N) is 1. The average Bonchev–Trinajstić information content (AvgIpc) is 2.59. The fourth-order valence-corrected chi connectivity index (χ4v) is 2.94. The van der Waals surface area contributed by atoms with Gasteiger partial charge in [-0.05, 0) is 40.7 Å². The molecule has 0 unspecified atom stereocenters. The van der Waals surface area contributed by atoms with Crippen LogP contribution in [0.25, 0.3) is 11.3 Å². The molecule has 126 valence electrons. The van der Waals surface area contributed by atoms with Crippen LogP contribution >= 0.6 is 27.7 Å². The molecule has 2 rings (SSSR count). The van der Waals surface area contributed by atoms with E-state index in [4.69, 9.17) is 9.47 Å². The second-order valence-electron chi connectivity index (χ2n) is 4.74. The molecular weight excluding hydrogens is 394 g/mol. The lowest BCUT2D eigenvalue weighted by Crippen LogP contribution is -2.14. The van der Waals surface area contributed by atoms with E-state index in [9.17, 15) is 10.1 Å². The maximum Gasteiger partial charge on any atom is 0.270 e. The standard InChI is InChI=1S/C16H16BrN3O3S/c1-4-5-23-13-7-11(17)9(6-12(13)22-2)14-10(8-18)15(21)20-16(19-14)24-3/h6-7H,4-5H2,1-3H3,(H,19,20,21). The minimum Gasteiger partial charge on any atom is -0.493 e. The van der Waals surface area contributed by atoms with Gasteiger partial charge in [-0.3, -0.25) is 4.79 Å². The van der Waals surface area contributed by atoms with Crippen LogP contribution in [0.2, 0.25) is 0 Å². The molecule has 24 heavy (non-hydrogen) atoms. The van der Waals surface area contributed by atoms with Gasteiger partial charge in [0.05, 0.1) is 19.4 Å². The van der Waals surface area contributed by atoms with Crippen LogP contribution in [-0.2, 0) is 0 Å². The number of methoxy groups -OCH3 is 1. The van der Waals surface area contributed by atoms with Gasteiger partial charge in [0.2, 0.25) is 0 Å². The van der Waals surface area contributed by atoms with E-state index < -0.39 is 5.56 Å². The van der Waals surface area contributed by atoms with Crippen LogP contribution in [0.1, 0.15) is 18.9 Å². The normalized spacial score (nSPS) is 10.3. The monoisotopic (exact) mass is 409 g/mol. The molecule has 0 saturated heterocycles. The highest BCUT2D eigenvalue weighted by molar-refractivity contribution is 9.10. The molecule has 0 aliphatic heterocycles. The minimum atomic E-state index is -0.468. The van der Waals surface area contributed by atoms with Crippen molar-refractivity contribution in [2.75, 3.05) is 20.0 Å². The third-order valence-electron chi connectivity index (χ3n) is 3.17. The van der Waals surface area contributed by atoms with Gasteiger partial charge in [0.25, 0.3) is 5.56 Å². The third kappa shape index (κ3) is 3.74. The highest BCUT2D eigenvalue weighted by atomic mass is 79.9. The molecule has 1 N–H and O–H groups in total. The average molecular weight is 410 g/mol. The number of halogens is 1. The lowest BCUT2D eigenvalue weighted by Gasteiger charge is -2.14. The number of hydrogen-bond acceptors (Lipinski definition) is 6. The van der Waals surface area contributed by atoms with Crippen LogP contribution in [0, 0.1) is 11.3 Å². The van der Waals surface area contributed by atoms with E-state index in [-0.39, 0.29) is 5.56 Å². The summed E-state index contributed by atoms with van der Waals surface area (Å²) in [5.41, 5.74) is 0.383. The highest BCUT2D eigenvalue weighted by Gasteiger charge is 2.18. The molecule has 0 amide bonds. The van der Waals surface area contributed by atoms with E-state index in [0.29, 0.717) is 39.0 Å². The molecule has 0 bridgehead atoms. The summed E-state index contributed by atoms with van der Waals surface area (Å²) in [5, 5.41) is 9.76. The Morgan fingerprint density at radius 1 is 1.42 bits per heavy atom. The van der Waals surface area contributed by atoms with Gasteiger partial charge in [-0.25, -0.2) is 4.98 Å². The highest BCUT2D eigenvalue weighted by Crippen LogP contribution is 2.38. The minimum absolute atomic E-state index is 0.0437. The van der Waals surface area contributed by atoms with Crippen molar-refractivity contribution < 1.29 is 9.47 Å². The number of H-pyrrole nitrogens is 1. The molecule has 1 heterocycles. The van der Waals surface area contributed by atoms with Crippen molar-refractivity contribution in [3.63, 3.8) is 0 Å². The van der Waals surface area contributed by atoms with Crippen molar-refractivity contribution in [1.29, 1.82) is 5.26 Å². The summed E-state index contributed by atoms with van der Waals surface area (Å²) in [6.45, 7) is 2.57. The Morgan fingerprint density at radius 2 is 2.17 bits per heavy atom. The summed E-state index contributed by atoms with van der Waals surface area (Å²) in [5.74, 6) is 1.10. The molecule has 0 radical (unpaired) electrons. The van der Waals surface area contributed by atoms with Gasteiger partial charge >= 0.3 is 0 Å². The Morgan fingerprint density at radius 3 is 2.75 bits per heavy atom. The topological polar surface area (TPSA) is 88.0 Å². The molecule has 0 atom stereocenters. The number of aromatic amines is 1. The number of nitriles is 1. The Labute approximate surface area is 152 Å². The summed E-state index contributed by atoms with van der Waals surface area (Å²) in [6, 6.07) is 5.39. The summed E-state index contributed by atoms with van der Waals surface area (Å²) in [4.78, 5) is 19.1. The number of rotatable bonds is 6. The first-order valence-corrected chi connectivity index (χ1v) is 9.16. The van der Waals surface area contributed by atoms with Crippen molar-refractivity contribution in [1.82, 2.24) is 9.97 Å². The largest absolute Gasteiger partial charge is 0.493 e. The molecule has 1 aromatic carbocycles. The summed E-state index contributed by atoms with van der Waals surface area (Å²) in [6.07, 6.45) is 2.67. The van der Waals surface area contributed by atoms with Gasteiger partial charge in [0.1, 0.15) is 11.6 Å². The number of hydrogen-bond donors (Lipinski definition) is 1. The molecule has 0 aliphatic carbocycles. The molecule has 0 fully saturated rings. The van der Waals surface area contributed by atoms with Crippen molar-refractivity contribution in [3.8, 4) is 28.8 Å². The fourth-order valence-electron chi connectivity index (χ4n) is 2.05. The second-order valence-corrected chi connectivity index (χ2v) is 6.39. The smallest absolute Gasteiger partial charge is 0.270 e. The van der Waals surface area contributed by atoms with Gasteiger partial charge in [-0.15, -0.1) is 0 Å². The van der Waals surface area contributed by atoms with Gasteiger partial charge in [-0.2, -0.15) is 5.26 Å². The Hall–Kier alpha value is -1.98. The van der Waals surface area contributed by atoms with E-state index in [1.54, 1.807) is 18.4 Å². The van der Waals surface area contributed by atoms with E-state index in [2.05, 4.69) is 25.9 Å². The van der Waals surface area contributed by atoms with Crippen molar-refractivity contribution in [3.05, 3.63) is 32.5 Å². The number of ether oxygens (including phenoxy) is 2. The quantitative estimate of drug-likeness (QED) is 0.579. The van der Waals surface area contributed by atoms with Crippen molar-refractivity contribution in [2.45, 2.75) is 18.5 Å². The predicted molar refractivity (Wildman–Crippen MR) is 96.8 cm³/mol. The third-order valence-corrected chi connectivity index (χ3v) is 4.41. The first kappa shape index (κ1) is 18.4. The van der Waals surface area contributed by atoms with Crippen molar-refractivity contribution in [2.24, 2.45) is 0 Å². The number of benzene rings is 1. The Kier molecular flexibility index (Phi) is 6.29.